The van der Waals surface area contributed by atoms with Crippen molar-refractivity contribution in [2.45, 2.75) is 26.4 Å². The minimum absolute atomic E-state index is 0.0859. The maximum absolute atomic E-state index is 11.5. The normalized spacial score (nSPS) is 12.2. The Morgan fingerprint density at radius 3 is 2.71 bits per heavy atom. The van der Waals surface area contributed by atoms with E-state index in [1.807, 2.05) is 13.8 Å². The monoisotopic (exact) mass is 261 g/mol. The molecular weight excluding hydrogens is 242 g/mol. The second-order valence-corrected chi connectivity index (χ2v) is 5.91. The highest BCUT2D eigenvalue weighted by Crippen LogP contribution is 1.86. The Morgan fingerprint density at radius 1 is 1.35 bits per heavy atom. The summed E-state index contributed by atoms with van der Waals surface area (Å²) in [4.78, 5) is 0. The fourth-order valence-corrected chi connectivity index (χ4v) is 2.16. The number of hydrogen-bond acceptors (Lipinski definition) is 5. The smallest absolute Gasteiger partial charge is 0.212 e. The first-order valence-corrected chi connectivity index (χ1v) is 7.19. The molecule has 0 spiro atoms. The van der Waals surface area contributed by atoms with Gasteiger partial charge in [-0.15, -0.1) is 5.10 Å². The van der Waals surface area contributed by atoms with Crippen LogP contribution >= 0.6 is 0 Å². The van der Waals surface area contributed by atoms with Crippen LogP contribution in [0, 0.1) is 0 Å². The van der Waals surface area contributed by atoms with Crippen LogP contribution in [-0.2, 0) is 16.6 Å². The van der Waals surface area contributed by atoms with E-state index in [-0.39, 0.29) is 5.75 Å². The zero-order chi connectivity index (χ0) is 12.7. The van der Waals surface area contributed by atoms with Crippen molar-refractivity contribution >= 4 is 10.0 Å². The molecule has 0 radical (unpaired) electrons. The molecule has 0 bridgehead atoms. The molecule has 7 nitrogen and oxygen atoms in total. The Morgan fingerprint density at radius 2 is 2.12 bits per heavy atom. The minimum Gasteiger partial charge on any atom is -0.313 e. The maximum Gasteiger partial charge on any atom is 0.212 e. The van der Waals surface area contributed by atoms with Gasteiger partial charge in [0.1, 0.15) is 0 Å². The number of aromatic nitrogens is 3. The lowest BCUT2D eigenvalue weighted by Crippen LogP contribution is -2.35. The molecule has 2 N–H and O–H groups in total. The summed E-state index contributed by atoms with van der Waals surface area (Å²) >= 11 is 0. The fourth-order valence-electron chi connectivity index (χ4n) is 1.22. The number of nitrogens with one attached hydrogen (secondary N) is 2. The molecule has 0 saturated heterocycles. The highest BCUT2D eigenvalue weighted by Gasteiger charge is 2.09. The Hall–Kier alpha value is -0.990. The summed E-state index contributed by atoms with van der Waals surface area (Å²) in [5.41, 5.74) is 0. The Balaban J connectivity index is 2.20. The van der Waals surface area contributed by atoms with Gasteiger partial charge < -0.3 is 5.32 Å². The summed E-state index contributed by atoms with van der Waals surface area (Å²) in [5, 5.41) is 10.4. The van der Waals surface area contributed by atoms with Gasteiger partial charge in [-0.1, -0.05) is 19.1 Å². The van der Waals surface area contributed by atoms with Gasteiger partial charge >= 0.3 is 0 Å². The van der Waals surface area contributed by atoms with Gasteiger partial charge in [0.25, 0.3) is 0 Å². The van der Waals surface area contributed by atoms with Crippen molar-refractivity contribution in [1.82, 2.24) is 25.0 Å². The van der Waals surface area contributed by atoms with E-state index in [9.17, 15) is 8.42 Å². The van der Waals surface area contributed by atoms with Crippen LogP contribution in [0.4, 0.5) is 0 Å². The molecule has 98 valence electrons. The third-order valence-corrected chi connectivity index (χ3v) is 3.44. The van der Waals surface area contributed by atoms with Gasteiger partial charge in [-0.05, 0) is 0 Å². The first-order chi connectivity index (χ1) is 7.99. The van der Waals surface area contributed by atoms with Crippen molar-refractivity contribution in [3.05, 3.63) is 12.4 Å². The summed E-state index contributed by atoms with van der Waals surface area (Å²) in [7, 11) is -3.20. The third-order valence-electron chi connectivity index (χ3n) is 2.06. The molecule has 1 aromatic heterocycles. The molecule has 0 unspecified atom stereocenters. The Kier molecular flexibility index (Phi) is 5.52. The zero-order valence-corrected chi connectivity index (χ0v) is 10.9. The van der Waals surface area contributed by atoms with Crippen molar-refractivity contribution in [3.63, 3.8) is 0 Å². The van der Waals surface area contributed by atoms with E-state index in [0.29, 0.717) is 25.7 Å². The number of nitrogens with zero attached hydrogens (tertiary/aromatic N) is 3. The van der Waals surface area contributed by atoms with Crippen LogP contribution in [0.1, 0.15) is 13.8 Å². The van der Waals surface area contributed by atoms with Crippen LogP contribution in [0.5, 0.6) is 0 Å². The van der Waals surface area contributed by atoms with Crippen LogP contribution in [0.3, 0.4) is 0 Å². The van der Waals surface area contributed by atoms with E-state index in [2.05, 4.69) is 20.4 Å². The molecule has 0 aliphatic carbocycles. The number of sulfonamides is 1. The van der Waals surface area contributed by atoms with E-state index in [1.54, 1.807) is 17.1 Å². The van der Waals surface area contributed by atoms with Gasteiger partial charge in [0.05, 0.1) is 18.5 Å². The molecule has 0 aliphatic rings. The Labute approximate surface area is 102 Å². The first-order valence-electron chi connectivity index (χ1n) is 5.54. The highest BCUT2D eigenvalue weighted by molar-refractivity contribution is 7.89. The van der Waals surface area contributed by atoms with E-state index >= 15 is 0 Å². The number of rotatable bonds is 8. The average molecular weight is 261 g/mol. The molecule has 1 aromatic rings. The van der Waals surface area contributed by atoms with E-state index in [0.717, 1.165) is 0 Å². The lowest BCUT2D eigenvalue weighted by atomic mass is 10.4. The van der Waals surface area contributed by atoms with Gasteiger partial charge in [-0.3, -0.25) is 4.68 Å². The van der Waals surface area contributed by atoms with Gasteiger partial charge in [-0.2, -0.15) is 0 Å². The van der Waals surface area contributed by atoms with E-state index in [4.69, 9.17) is 0 Å². The van der Waals surface area contributed by atoms with Crippen molar-refractivity contribution in [1.29, 1.82) is 0 Å². The van der Waals surface area contributed by atoms with Crippen LogP contribution in [0.2, 0.25) is 0 Å². The molecule has 8 heteroatoms. The topological polar surface area (TPSA) is 88.9 Å². The van der Waals surface area contributed by atoms with Crippen LogP contribution in [-0.4, -0.2) is 48.3 Å². The van der Waals surface area contributed by atoms with Crippen LogP contribution < -0.4 is 10.0 Å². The minimum atomic E-state index is -3.20. The largest absolute Gasteiger partial charge is 0.313 e. The van der Waals surface area contributed by atoms with Gasteiger partial charge in [0.15, 0.2) is 0 Å². The van der Waals surface area contributed by atoms with E-state index in [1.165, 1.54) is 0 Å². The molecule has 0 amide bonds. The quantitative estimate of drug-likeness (QED) is 0.639. The predicted octanol–water partition coefficient (Wildman–Crippen LogP) is -0.804. The van der Waals surface area contributed by atoms with Gasteiger partial charge in [0.2, 0.25) is 10.0 Å². The summed E-state index contributed by atoms with van der Waals surface area (Å²) in [6.07, 6.45) is 3.25. The molecule has 0 saturated carbocycles. The maximum atomic E-state index is 11.5. The zero-order valence-electron chi connectivity index (χ0n) is 10.1. The molecular formula is C9H19N5O2S. The molecule has 0 atom stereocenters. The summed E-state index contributed by atoms with van der Waals surface area (Å²) in [6, 6.07) is 0.292. The van der Waals surface area contributed by atoms with Crippen LogP contribution in [0.25, 0.3) is 0 Å². The van der Waals surface area contributed by atoms with Gasteiger partial charge in [0, 0.05) is 25.3 Å². The molecule has 0 aromatic carbocycles. The van der Waals surface area contributed by atoms with E-state index < -0.39 is 10.0 Å². The Bertz CT molecular complexity index is 401. The summed E-state index contributed by atoms with van der Waals surface area (Å²) < 4.78 is 27.2. The fraction of sp³-hybridized carbons (Fsp3) is 0.778. The molecule has 1 heterocycles. The molecule has 17 heavy (non-hydrogen) atoms. The van der Waals surface area contributed by atoms with Crippen molar-refractivity contribution < 1.29 is 8.42 Å². The SMILES string of the molecule is CC(C)NCCS(=O)(=O)NCCn1ccnn1. The van der Waals surface area contributed by atoms with Crippen molar-refractivity contribution in [2.24, 2.45) is 0 Å². The molecule has 1 rings (SSSR count). The van der Waals surface area contributed by atoms with Crippen LogP contribution in [0.15, 0.2) is 12.4 Å². The van der Waals surface area contributed by atoms with Crippen molar-refractivity contribution in [2.75, 3.05) is 18.8 Å². The second kappa shape index (κ2) is 6.67. The standard InChI is InChI=1S/C9H19N5O2S/c1-9(2)10-5-8-17(15,16)12-4-7-14-6-3-11-13-14/h3,6,9-10,12H,4-5,7-8H2,1-2H3. The van der Waals surface area contributed by atoms with Gasteiger partial charge in [-0.25, -0.2) is 13.1 Å². The first kappa shape index (κ1) is 14.1. The predicted molar refractivity (Wildman–Crippen MR) is 65.0 cm³/mol. The molecule has 0 fully saturated rings. The lowest BCUT2D eigenvalue weighted by molar-refractivity contribution is 0.546. The second-order valence-electron chi connectivity index (χ2n) is 3.99. The van der Waals surface area contributed by atoms with Crippen molar-refractivity contribution in [3.8, 4) is 0 Å². The highest BCUT2D eigenvalue weighted by atomic mass is 32.2. The summed E-state index contributed by atoms with van der Waals surface area (Å²) in [6.45, 7) is 5.22. The average Bonchev–Trinajstić information content (AvgIpc) is 2.69. The lowest BCUT2D eigenvalue weighted by Gasteiger charge is -2.09. The third kappa shape index (κ3) is 6.35. The summed E-state index contributed by atoms with van der Waals surface area (Å²) in [5.74, 6) is 0.0859. The molecule has 0 aliphatic heterocycles. The number of hydrogen-bond donors (Lipinski definition) is 2.